The molecule has 5 heterocycles. The number of carbonyl (C=O) groups excluding carboxylic acids is 1. The second kappa shape index (κ2) is 7.80. The van der Waals surface area contributed by atoms with E-state index in [0.29, 0.717) is 35.4 Å². The molecule has 3 aromatic rings. The van der Waals surface area contributed by atoms with Crippen LogP contribution in [0, 0.1) is 26.7 Å². The van der Waals surface area contributed by atoms with Gasteiger partial charge in [-0.3, -0.25) is 4.79 Å². The Kier molecular flexibility index (Phi) is 4.96. The maximum atomic E-state index is 13.7. The first kappa shape index (κ1) is 19.7. The van der Waals surface area contributed by atoms with Crippen molar-refractivity contribution in [2.45, 2.75) is 52.1 Å². The molecule has 160 valence electrons. The third-order valence-electron chi connectivity index (χ3n) is 6.36. The lowest BCUT2D eigenvalue weighted by atomic mass is 9.90. The van der Waals surface area contributed by atoms with Crippen molar-refractivity contribution >= 4 is 5.91 Å². The summed E-state index contributed by atoms with van der Waals surface area (Å²) in [5.74, 6) is 1.47. The van der Waals surface area contributed by atoms with E-state index in [1.807, 2.05) is 62.2 Å². The van der Waals surface area contributed by atoms with Crippen LogP contribution < -0.4 is 4.74 Å². The lowest BCUT2D eigenvalue weighted by Crippen LogP contribution is -2.38. The van der Waals surface area contributed by atoms with E-state index < -0.39 is 0 Å². The van der Waals surface area contributed by atoms with Gasteiger partial charge in [0.25, 0.3) is 5.91 Å². The molecule has 3 aromatic heterocycles. The average molecular weight is 418 g/mol. The predicted octanol–water partition coefficient (Wildman–Crippen LogP) is 4.13. The van der Waals surface area contributed by atoms with Crippen molar-refractivity contribution in [2.24, 2.45) is 5.92 Å². The van der Waals surface area contributed by atoms with Crippen molar-refractivity contribution in [3.8, 4) is 17.2 Å². The standard InChI is InChI=1S/C24H26N4O3/c1-14-4-9-22(25-12-14)30-13-17-11-18-6-8-20(17)28(18)24(29)23-19(7-5-15(2)26-23)21-10-16(3)27-31-21/h4-5,7,9-10,12,17-18,20H,6,8,11,13H2,1-3H3. The number of ether oxygens (including phenoxy) is 1. The molecule has 2 bridgehead atoms. The Bertz CT molecular complexity index is 1110. The van der Waals surface area contributed by atoms with Crippen LogP contribution >= 0.6 is 0 Å². The van der Waals surface area contributed by atoms with Crippen LogP contribution in [0.25, 0.3) is 11.3 Å². The van der Waals surface area contributed by atoms with Crippen LogP contribution in [-0.4, -0.2) is 44.6 Å². The summed E-state index contributed by atoms with van der Waals surface area (Å²) in [6.45, 7) is 6.33. The number of rotatable bonds is 5. The minimum Gasteiger partial charge on any atom is -0.477 e. The summed E-state index contributed by atoms with van der Waals surface area (Å²) in [7, 11) is 0. The molecular formula is C24H26N4O3. The summed E-state index contributed by atoms with van der Waals surface area (Å²) in [4.78, 5) is 24.6. The summed E-state index contributed by atoms with van der Waals surface area (Å²) in [6.07, 6.45) is 4.78. The van der Waals surface area contributed by atoms with Crippen LogP contribution in [0.2, 0.25) is 0 Å². The summed E-state index contributed by atoms with van der Waals surface area (Å²) in [5, 5.41) is 3.98. The molecule has 0 saturated carbocycles. The van der Waals surface area contributed by atoms with Crippen molar-refractivity contribution < 1.29 is 14.1 Å². The second-order valence-electron chi connectivity index (χ2n) is 8.67. The highest BCUT2D eigenvalue weighted by Crippen LogP contribution is 2.43. The smallest absolute Gasteiger partial charge is 0.273 e. The van der Waals surface area contributed by atoms with E-state index >= 15 is 0 Å². The van der Waals surface area contributed by atoms with Crippen molar-refractivity contribution in [2.75, 3.05) is 6.61 Å². The molecule has 2 aliphatic heterocycles. The number of hydrogen-bond donors (Lipinski definition) is 0. The fourth-order valence-corrected chi connectivity index (χ4v) is 4.87. The van der Waals surface area contributed by atoms with E-state index in [-0.39, 0.29) is 18.0 Å². The molecular weight excluding hydrogens is 392 g/mol. The van der Waals surface area contributed by atoms with Gasteiger partial charge in [0.2, 0.25) is 5.88 Å². The van der Waals surface area contributed by atoms with Gasteiger partial charge in [-0.15, -0.1) is 0 Å². The average Bonchev–Trinajstić information content (AvgIpc) is 3.47. The third kappa shape index (κ3) is 3.69. The number of fused-ring (bicyclic) bond motifs is 2. The van der Waals surface area contributed by atoms with Gasteiger partial charge >= 0.3 is 0 Å². The molecule has 5 rings (SSSR count). The number of nitrogens with zero attached hydrogens (tertiary/aromatic N) is 4. The molecule has 2 fully saturated rings. The number of aromatic nitrogens is 3. The fraction of sp³-hybridized carbons (Fsp3) is 0.417. The van der Waals surface area contributed by atoms with E-state index in [9.17, 15) is 4.79 Å². The van der Waals surface area contributed by atoms with Gasteiger partial charge in [-0.05, 0) is 57.7 Å². The molecule has 0 N–H and O–H groups in total. The minimum atomic E-state index is -0.0313. The van der Waals surface area contributed by atoms with E-state index in [1.165, 1.54) is 0 Å². The lowest BCUT2D eigenvalue weighted by molar-refractivity contribution is 0.0704. The molecule has 2 saturated heterocycles. The summed E-state index contributed by atoms with van der Waals surface area (Å²) in [6, 6.07) is 9.92. The molecule has 31 heavy (non-hydrogen) atoms. The summed E-state index contributed by atoms with van der Waals surface area (Å²) < 4.78 is 11.4. The van der Waals surface area contributed by atoms with Gasteiger partial charge in [-0.1, -0.05) is 11.2 Å². The first-order valence-electron chi connectivity index (χ1n) is 10.8. The quantitative estimate of drug-likeness (QED) is 0.620. The Hall–Kier alpha value is -3.22. The molecule has 3 atom stereocenters. The normalized spacial score (nSPS) is 22.2. The molecule has 1 amide bonds. The van der Waals surface area contributed by atoms with E-state index in [0.717, 1.165) is 36.2 Å². The minimum absolute atomic E-state index is 0.0313. The highest BCUT2D eigenvalue weighted by atomic mass is 16.5. The molecule has 3 unspecified atom stereocenters. The third-order valence-corrected chi connectivity index (χ3v) is 6.36. The Balaban J connectivity index is 1.37. The highest BCUT2D eigenvalue weighted by molar-refractivity contribution is 5.99. The zero-order chi connectivity index (χ0) is 21.5. The van der Waals surface area contributed by atoms with Crippen molar-refractivity contribution in [1.29, 1.82) is 0 Å². The largest absolute Gasteiger partial charge is 0.477 e. The molecule has 0 aliphatic carbocycles. The molecule has 2 aliphatic rings. The molecule has 0 aromatic carbocycles. The molecule has 7 nitrogen and oxygen atoms in total. The van der Waals surface area contributed by atoms with E-state index in [4.69, 9.17) is 9.26 Å². The van der Waals surface area contributed by atoms with Crippen LogP contribution in [0.15, 0.2) is 41.1 Å². The number of amides is 1. The zero-order valence-electron chi connectivity index (χ0n) is 18.0. The predicted molar refractivity (Wildman–Crippen MR) is 115 cm³/mol. The van der Waals surface area contributed by atoms with Gasteiger partial charge < -0.3 is 14.2 Å². The number of aryl methyl sites for hydroxylation is 3. The van der Waals surface area contributed by atoms with Gasteiger partial charge in [0.1, 0.15) is 5.69 Å². The molecule has 7 heteroatoms. The Morgan fingerprint density at radius 3 is 2.77 bits per heavy atom. The highest BCUT2D eigenvalue weighted by Gasteiger charge is 2.49. The summed E-state index contributed by atoms with van der Waals surface area (Å²) in [5.41, 5.74) is 3.82. The Labute approximate surface area is 181 Å². The fourth-order valence-electron chi connectivity index (χ4n) is 4.87. The van der Waals surface area contributed by atoms with Gasteiger partial charge in [-0.25, -0.2) is 9.97 Å². The SMILES string of the molecule is Cc1ccc(OCC2CC3CCC2N3C(=O)c2nc(C)ccc2-c2cc(C)no2)nc1. The zero-order valence-corrected chi connectivity index (χ0v) is 18.0. The van der Waals surface area contributed by atoms with Gasteiger partial charge in [0.15, 0.2) is 5.76 Å². The van der Waals surface area contributed by atoms with Crippen molar-refractivity contribution in [3.05, 3.63) is 59.2 Å². The Morgan fingerprint density at radius 2 is 2.03 bits per heavy atom. The monoisotopic (exact) mass is 418 g/mol. The first-order valence-corrected chi connectivity index (χ1v) is 10.8. The van der Waals surface area contributed by atoms with Crippen LogP contribution in [0.4, 0.5) is 0 Å². The van der Waals surface area contributed by atoms with E-state index in [1.54, 1.807) is 0 Å². The molecule has 0 radical (unpaired) electrons. The van der Waals surface area contributed by atoms with Gasteiger partial charge in [-0.2, -0.15) is 0 Å². The van der Waals surface area contributed by atoms with Gasteiger partial charge in [0.05, 0.1) is 17.9 Å². The number of pyridine rings is 2. The maximum Gasteiger partial charge on any atom is 0.273 e. The van der Waals surface area contributed by atoms with Crippen LogP contribution in [0.5, 0.6) is 5.88 Å². The van der Waals surface area contributed by atoms with Crippen molar-refractivity contribution in [1.82, 2.24) is 20.0 Å². The topological polar surface area (TPSA) is 81.4 Å². The summed E-state index contributed by atoms with van der Waals surface area (Å²) >= 11 is 0. The number of hydrogen-bond acceptors (Lipinski definition) is 6. The van der Waals surface area contributed by atoms with Crippen molar-refractivity contribution in [3.63, 3.8) is 0 Å². The van der Waals surface area contributed by atoms with Crippen LogP contribution in [0.3, 0.4) is 0 Å². The lowest BCUT2D eigenvalue weighted by Gasteiger charge is -2.25. The second-order valence-corrected chi connectivity index (χ2v) is 8.67. The maximum absolute atomic E-state index is 13.7. The Morgan fingerprint density at radius 1 is 1.16 bits per heavy atom. The van der Waals surface area contributed by atoms with Crippen LogP contribution in [-0.2, 0) is 0 Å². The van der Waals surface area contributed by atoms with Crippen LogP contribution in [0.1, 0.15) is 46.7 Å². The van der Waals surface area contributed by atoms with Gasteiger partial charge in [0, 0.05) is 42.0 Å². The van der Waals surface area contributed by atoms with E-state index in [2.05, 4.69) is 15.1 Å². The first-order chi connectivity index (χ1) is 15.0. The number of carbonyl (C=O) groups is 1. The molecule has 0 spiro atoms.